The molecule has 11 heavy (non-hydrogen) atoms. The zero-order chi connectivity index (χ0) is 8.27. The van der Waals surface area contributed by atoms with Gasteiger partial charge in [-0.2, -0.15) is 0 Å². The van der Waals surface area contributed by atoms with E-state index in [1.54, 1.807) is 6.26 Å². The average Bonchev–Trinajstić information content (AvgIpc) is 1.85. The van der Waals surface area contributed by atoms with Crippen LogP contribution in [0.1, 0.15) is 20.3 Å². The fourth-order valence-corrected chi connectivity index (χ4v) is 1.13. The van der Waals surface area contributed by atoms with E-state index in [0.717, 1.165) is 6.42 Å². The fraction of sp³-hybridized carbons (Fsp3) is 0.625. The second kappa shape index (κ2) is 3.42. The van der Waals surface area contributed by atoms with Crippen LogP contribution < -0.4 is 5.32 Å². The molecule has 0 aromatic carbocycles. The molecule has 0 bridgehead atoms. The van der Waals surface area contributed by atoms with E-state index < -0.39 is 0 Å². The molecule has 0 saturated heterocycles. The Morgan fingerprint density at radius 1 is 1.73 bits per heavy atom. The van der Waals surface area contributed by atoms with Crippen LogP contribution in [0.5, 0.6) is 0 Å². The molecule has 0 aliphatic carbocycles. The summed E-state index contributed by atoms with van der Waals surface area (Å²) in [6.45, 7) is 3.51. The van der Waals surface area contributed by atoms with E-state index >= 15 is 0 Å². The lowest BCUT2D eigenvalue weighted by molar-refractivity contribution is -0.119. The Labute approximate surface area is 66.4 Å². The highest BCUT2D eigenvalue weighted by molar-refractivity contribution is 5.73. The summed E-state index contributed by atoms with van der Waals surface area (Å²) in [5, 5.41) is 2.81. The first-order chi connectivity index (χ1) is 5.18. The van der Waals surface area contributed by atoms with E-state index in [2.05, 4.69) is 5.32 Å². The van der Waals surface area contributed by atoms with E-state index in [1.807, 2.05) is 13.0 Å². The summed E-state index contributed by atoms with van der Waals surface area (Å²) < 4.78 is 5.16. The number of ether oxygens (including phenoxy) is 1. The number of amides is 1. The summed E-state index contributed by atoms with van der Waals surface area (Å²) in [5.41, 5.74) is 0. The maximum absolute atomic E-state index is 10.6. The van der Waals surface area contributed by atoms with Gasteiger partial charge >= 0.3 is 0 Å². The van der Waals surface area contributed by atoms with Gasteiger partial charge in [-0.05, 0) is 13.0 Å². The van der Waals surface area contributed by atoms with Crippen molar-refractivity contribution in [2.45, 2.75) is 32.4 Å². The van der Waals surface area contributed by atoms with Crippen molar-refractivity contribution >= 4 is 5.91 Å². The van der Waals surface area contributed by atoms with Crippen molar-refractivity contribution in [3.8, 4) is 0 Å². The topological polar surface area (TPSA) is 38.3 Å². The van der Waals surface area contributed by atoms with Gasteiger partial charge in [-0.25, -0.2) is 0 Å². The predicted molar refractivity (Wildman–Crippen MR) is 41.9 cm³/mol. The molecular weight excluding hydrogens is 142 g/mol. The first-order valence-electron chi connectivity index (χ1n) is 3.77. The first-order valence-corrected chi connectivity index (χ1v) is 3.77. The average molecular weight is 155 g/mol. The summed E-state index contributed by atoms with van der Waals surface area (Å²) >= 11 is 0. The molecule has 3 heteroatoms. The molecule has 2 atom stereocenters. The highest BCUT2D eigenvalue weighted by atomic mass is 16.5. The summed E-state index contributed by atoms with van der Waals surface area (Å²) in [7, 11) is 0. The van der Waals surface area contributed by atoms with Crippen molar-refractivity contribution in [1.29, 1.82) is 0 Å². The second-order valence-electron chi connectivity index (χ2n) is 2.82. The SMILES string of the molecule is CC(=O)N[C@@H]1C=CO[C@H](C)C1. The molecule has 1 N–H and O–H groups in total. The van der Waals surface area contributed by atoms with Crippen molar-refractivity contribution in [1.82, 2.24) is 5.32 Å². The molecule has 3 nitrogen and oxygen atoms in total. The van der Waals surface area contributed by atoms with Crippen LogP contribution in [0.3, 0.4) is 0 Å². The largest absolute Gasteiger partial charge is 0.498 e. The van der Waals surface area contributed by atoms with E-state index in [-0.39, 0.29) is 18.1 Å². The minimum atomic E-state index is 0.00810. The molecule has 0 spiro atoms. The van der Waals surface area contributed by atoms with Gasteiger partial charge < -0.3 is 10.1 Å². The van der Waals surface area contributed by atoms with Crippen molar-refractivity contribution in [3.63, 3.8) is 0 Å². The smallest absolute Gasteiger partial charge is 0.217 e. The Morgan fingerprint density at radius 3 is 3.00 bits per heavy atom. The van der Waals surface area contributed by atoms with E-state index in [9.17, 15) is 4.79 Å². The van der Waals surface area contributed by atoms with Gasteiger partial charge in [-0.1, -0.05) is 0 Å². The van der Waals surface area contributed by atoms with Crippen molar-refractivity contribution < 1.29 is 9.53 Å². The van der Waals surface area contributed by atoms with Gasteiger partial charge in [0, 0.05) is 13.3 Å². The third kappa shape index (κ3) is 2.62. The first kappa shape index (κ1) is 8.11. The third-order valence-electron chi connectivity index (χ3n) is 1.60. The molecule has 1 heterocycles. The number of carbonyl (C=O) groups excluding carboxylic acids is 1. The van der Waals surface area contributed by atoms with Crippen LogP contribution >= 0.6 is 0 Å². The Hall–Kier alpha value is -0.990. The third-order valence-corrected chi connectivity index (χ3v) is 1.60. The van der Waals surface area contributed by atoms with Gasteiger partial charge in [0.05, 0.1) is 18.4 Å². The number of nitrogens with one attached hydrogen (secondary N) is 1. The van der Waals surface area contributed by atoms with E-state index in [1.165, 1.54) is 6.92 Å². The summed E-state index contributed by atoms with van der Waals surface area (Å²) in [5.74, 6) is 0.00810. The molecule has 62 valence electrons. The molecule has 1 aliphatic rings. The van der Waals surface area contributed by atoms with Gasteiger partial charge in [0.2, 0.25) is 5.91 Å². The van der Waals surface area contributed by atoms with Crippen LogP contribution in [0, 0.1) is 0 Å². The molecule has 1 aliphatic heterocycles. The fourth-order valence-electron chi connectivity index (χ4n) is 1.13. The molecule has 0 unspecified atom stereocenters. The Balaban J connectivity index is 2.40. The van der Waals surface area contributed by atoms with Crippen LogP contribution in [0.2, 0.25) is 0 Å². The number of hydrogen-bond acceptors (Lipinski definition) is 2. The molecule has 1 amide bonds. The standard InChI is InChI=1S/C8H13NO2/c1-6-5-8(3-4-11-6)9-7(2)10/h3-4,6,8H,5H2,1-2H3,(H,9,10)/t6-,8-/m1/s1. The minimum Gasteiger partial charge on any atom is -0.498 e. The van der Waals surface area contributed by atoms with Crippen molar-refractivity contribution in [2.75, 3.05) is 0 Å². The summed E-state index contributed by atoms with van der Waals surface area (Å²) in [6, 6.07) is 0.149. The van der Waals surface area contributed by atoms with Crippen LogP contribution in [0.25, 0.3) is 0 Å². The Morgan fingerprint density at radius 2 is 2.45 bits per heavy atom. The molecular formula is C8H13NO2. The maximum Gasteiger partial charge on any atom is 0.217 e. The van der Waals surface area contributed by atoms with E-state index in [0.29, 0.717) is 0 Å². The number of hydrogen-bond donors (Lipinski definition) is 1. The molecule has 1 rings (SSSR count). The highest BCUT2D eigenvalue weighted by Gasteiger charge is 2.14. The van der Waals surface area contributed by atoms with Crippen molar-refractivity contribution in [3.05, 3.63) is 12.3 Å². The zero-order valence-electron chi connectivity index (χ0n) is 6.83. The van der Waals surface area contributed by atoms with Gasteiger partial charge in [-0.15, -0.1) is 0 Å². The maximum atomic E-state index is 10.6. The number of carbonyl (C=O) groups is 1. The van der Waals surface area contributed by atoms with Crippen LogP contribution in [0.15, 0.2) is 12.3 Å². The molecule has 0 aromatic rings. The van der Waals surface area contributed by atoms with Gasteiger partial charge in [0.1, 0.15) is 0 Å². The van der Waals surface area contributed by atoms with Crippen LogP contribution in [0.4, 0.5) is 0 Å². The zero-order valence-corrected chi connectivity index (χ0v) is 6.83. The van der Waals surface area contributed by atoms with Crippen LogP contribution in [-0.2, 0) is 9.53 Å². The molecule has 0 aromatic heterocycles. The Kier molecular flexibility index (Phi) is 2.52. The summed E-state index contributed by atoms with van der Waals surface area (Å²) in [4.78, 5) is 10.6. The quantitative estimate of drug-likeness (QED) is 0.608. The van der Waals surface area contributed by atoms with Crippen molar-refractivity contribution in [2.24, 2.45) is 0 Å². The molecule has 0 radical (unpaired) electrons. The number of rotatable bonds is 1. The molecule has 0 fully saturated rings. The van der Waals surface area contributed by atoms with E-state index in [4.69, 9.17) is 4.74 Å². The van der Waals surface area contributed by atoms with Gasteiger partial charge in [0.25, 0.3) is 0 Å². The predicted octanol–water partition coefficient (Wildman–Crippen LogP) is 0.814. The van der Waals surface area contributed by atoms with Gasteiger partial charge in [-0.3, -0.25) is 4.79 Å². The van der Waals surface area contributed by atoms with Gasteiger partial charge in [0.15, 0.2) is 0 Å². The lowest BCUT2D eigenvalue weighted by atomic mass is 10.1. The monoisotopic (exact) mass is 155 g/mol. The Bertz CT molecular complexity index is 177. The lowest BCUT2D eigenvalue weighted by Crippen LogP contribution is -2.36. The van der Waals surface area contributed by atoms with Crippen LogP contribution in [-0.4, -0.2) is 18.1 Å². The minimum absolute atomic E-state index is 0.00810. The molecule has 0 saturated carbocycles. The lowest BCUT2D eigenvalue weighted by Gasteiger charge is -2.22. The summed E-state index contributed by atoms with van der Waals surface area (Å²) in [6.07, 6.45) is 4.57. The second-order valence-corrected chi connectivity index (χ2v) is 2.82. The normalized spacial score (nSPS) is 29.3. The highest BCUT2D eigenvalue weighted by Crippen LogP contribution is 2.09.